The van der Waals surface area contributed by atoms with Gasteiger partial charge in [-0.05, 0) is 91.6 Å². The van der Waals surface area contributed by atoms with Crippen LogP contribution in [0.4, 0.5) is 10.1 Å². The van der Waals surface area contributed by atoms with Crippen LogP contribution in [-0.2, 0) is 32.6 Å². The Hall–Kier alpha value is -4.12. The van der Waals surface area contributed by atoms with E-state index in [1.807, 2.05) is 37.3 Å². The Balaban J connectivity index is 1.58. The van der Waals surface area contributed by atoms with Crippen LogP contribution in [0.5, 0.6) is 5.75 Å². The maximum absolute atomic E-state index is 14.7. The molecule has 1 atom stereocenters. The summed E-state index contributed by atoms with van der Waals surface area (Å²) in [6.45, 7) is 1.47. The summed E-state index contributed by atoms with van der Waals surface area (Å²) in [6, 6.07) is 23.9. The Labute approximate surface area is 303 Å². The molecule has 4 aromatic rings. The average Bonchev–Trinajstić information content (AvgIpc) is 3.11. The van der Waals surface area contributed by atoms with Crippen molar-refractivity contribution in [3.63, 3.8) is 0 Å². The van der Waals surface area contributed by atoms with Crippen LogP contribution in [0.1, 0.15) is 50.2 Å². The fraction of sp³-hybridized carbons (Fsp3) is 0.316. The van der Waals surface area contributed by atoms with Gasteiger partial charge in [0.1, 0.15) is 24.2 Å². The molecule has 1 fully saturated rings. The molecule has 1 saturated carbocycles. The summed E-state index contributed by atoms with van der Waals surface area (Å²) in [5, 5.41) is 3.88. The summed E-state index contributed by atoms with van der Waals surface area (Å²) in [4.78, 5) is 30.2. The number of rotatable bonds is 14. The number of halogens is 3. The molecule has 0 aromatic heterocycles. The van der Waals surface area contributed by atoms with Gasteiger partial charge in [-0.15, -0.1) is 0 Å². The van der Waals surface area contributed by atoms with Crippen LogP contribution < -0.4 is 14.4 Å². The first kappa shape index (κ1) is 37.1. The molecule has 2 amide bonds. The maximum Gasteiger partial charge on any atom is 0.264 e. The second kappa shape index (κ2) is 17.2. The van der Waals surface area contributed by atoms with Crippen molar-refractivity contribution < 1.29 is 27.1 Å². The molecule has 264 valence electrons. The summed E-state index contributed by atoms with van der Waals surface area (Å²) in [6.07, 6.45) is 4.93. The molecule has 5 rings (SSSR count). The quantitative estimate of drug-likeness (QED) is 0.142. The molecule has 0 spiro atoms. The van der Waals surface area contributed by atoms with Gasteiger partial charge in [-0.3, -0.25) is 13.9 Å². The van der Waals surface area contributed by atoms with Crippen LogP contribution in [0, 0.1) is 5.82 Å². The lowest BCUT2D eigenvalue weighted by Gasteiger charge is -2.35. The third-order valence-corrected chi connectivity index (χ3v) is 11.1. The van der Waals surface area contributed by atoms with Gasteiger partial charge in [0, 0.05) is 29.1 Å². The van der Waals surface area contributed by atoms with Crippen molar-refractivity contribution >= 4 is 50.7 Å². The molecular formula is C38H40Cl2FN3O5S. The number of sulfonamides is 1. The highest BCUT2D eigenvalue weighted by atomic mass is 35.5. The molecule has 0 bridgehead atoms. The van der Waals surface area contributed by atoms with Crippen molar-refractivity contribution in [3.8, 4) is 5.75 Å². The second-order valence-corrected chi connectivity index (χ2v) is 14.9. The number of anilines is 1. The van der Waals surface area contributed by atoms with Crippen LogP contribution in [-0.4, -0.2) is 50.4 Å². The molecule has 8 nitrogen and oxygen atoms in total. The Bertz CT molecular complexity index is 1860. The monoisotopic (exact) mass is 739 g/mol. The minimum Gasteiger partial charge on any atom is -0.494 e. The summed E-state index contributed by atoms with van der Waals surface area (Å²) < 4.78 is 48.8. The van der Waals surface area contributed by atoms with E-state index in [1.165, 1.54) is 17.0 Å². The molecule has 1 aliphatic rings. The zero-order valence-corrected chi connectivity index (χ0v) is 30.1. The van der Waals surface area contributed by atoms with E-state index in [4.69, 9.17) is 27.9 Å². The second-order valence-electron chi connectivity index (χ2n) is 12.2. The number of ether oxygens (including phenoxy) is 1. The van der Waals surface area contributed by atoms with E-state index in [-0.39, 0.29) is 35.5 Å². The van der Waals surface area contributed by atoms with Crippen molar-refractivity contribution in [2.45, 2.75) is 69.0 Å². The van der Waals surface area contributed by atoms with Crippen LogP contribution in [0.2, 0.25) is 10.0 Å². The molecular weight excluding hydrogens is 700 g/mol. The van der Waals surface area contributed by atoms with Gasteiger partial charge in [0.2, 0.25) is 11.8 Å². The van der Waals surface area contributed by atoms with Crippen molar-refractivity contribution in [1.29, 1.82) is 0 Å². The number of benzene rings is 4. The number of hydrogen-bond donors (Lipinski definition) is 1. The number of carbonyl (C=O) groups is 2. The van der Waals surface area contributed by atoms with Gasteiger partial charge in [0.15, 0.2) is 0 Å². The number of amides is 2. The highest BCUT2D eigenvalue weighted by Crippen LogP contribution is 2.29. The van der Waals surface area contributed by atoms with Crippen LogP contribution in [0.15, 0.2) is 102 Å². The molecule has 1 aliphatic carbocycles. The van der Waals surface area contributed by atoms with Gasteiger partial charge >= 0.3 is 0 Å². The van der Waals surface area contributed by atoms with Gasteiger partial charge in [-0.2, -0.15) is 0 Å². The Morgan fingerprint density at radius 1 is 0.920 bits per heavy atom. The number of carbonyl (C=O) groups excluding carboxylic acids is 2. The van der Waals surface area contributed by atoms with Crippen molar-refractivity contribution in [3.05, 3.63) is 124 Å². The standard InChI is InChI=1S/C38H40Cl2FN3O5S/c1-2-49-33-19-17-32(18-20-33)44(50(47,48)34-21-15-30(41)16-22-34)26-37(45)43(25-28-13-14-29(39)24-35(28)40)36(23-27-9-5-3-6-10-27)38(46)42-31-11-7-4-8-12-31/h3,5-6,9-10,13-22,24,31,36H,2,4,7-8,11-12,23,25-26H2,1H3,(H,42,46). The lowest BCUT2D eigenvalue weighted by atomic mass is 9.94. The molecule has 0 aliphatic heterocycles. The molecule has 1 unspecified atom stereocenters. The van der Waals surface area contributed by atoms with E-state index >= 15 is 0 Å². The van der Waals surface area contributed by atoms with E-state index in [0.29, 0.717) is 28.0 Å². The van der Waals surface area contributed by atoms with Crippen molar-refractivity contribution in [2.75, 3.05) is 17.5 Å². The predicted octanol–water partition coefficient (Wildman–Crippen LogP) is 7.82. The largest absolute Gasteiger partial charge is 0.494 e. The first-order valence-corrected chi connectivity index (χ1v) is 18.8. The molecule has 0 heterocycles. The highest BCUT2D eigenvalue weighted by molar-refractivity contribution is 7.92. The van der Waals surface area contributed by atoms with Gasteiger partial charge in [-0.1, -0.05) is 78.9 Å². The predicted molar refractivity (Wildman–Crippen MR) is 195 cm³/mol. The minimum atomic E-state index is -4.40. The molecule has 50 heavy (non-hydrogen) atoms. The Kier molecular flexibility index (Phi) is 12.8. The van der Waals surface area contributed by atoms with E-state index in [9.17, 15) is 22.4 Å². The minimum absolute atomic E-state index is 0.0372. The summed E-state index contributed by atoms with van der Waals surface area (Å²) in [5.41, 5.74) is 1.53. The van der Waals surface area contributed by atoms with E-state index in [1.54, 1.807) is 30.3 Å². The SMILES string of the molecule is CCOc1ccc(N(CC(=O)N(Cc2ccc(Cl)cc2Cl)C(Cc2ccccc2)C(=O)NC2CCCCC2)S(=O)(=O)c2ccc(F)cc2)cc1. The molecule has 0 saturated heterocycles. The van der Waals surface area contributed by atoms with E-state index in [0.717, 1.165) is 66.2 Å². The van der Waals surface area contributed by atoms with Crippen LogP contribution in [0.25, 0.3) is 0 Å². The Morgan fingerprint density at radius 3 is 2.24 bits per heavy atom. The van der Waals surface area contributed by atoms with E-state index in [2.05, 4.69) is 5.32 Å². The van der Waals surface area contributed by atoms with Gasteiger partial charge < -0.3 is 15.0 Å². The maximum atomic E-state index is 14.7. The Morgan fingerprint density at radius 2 is 1.60 bits per heavy atom. The normalized spacial score (nSPS) is 14.1. The zero-order chi connectivity index (χ0) is 35.7. The molecule has 4 aromatic carbocycles. The number of hydrogen-bond acceptors (Lipinski definition) is 5. The first-order valence-electron chi connectivity index (χ1n) is 16.6. The number of nitrogens with one attached hydrogen (secondary N) is 1. The zero-order valence-electron chi connectivity index (χ0n) is 27.7. The first-order chi connectivity index (χ1) is 24.0. The van der Waals surface area contributed by atoms with Crippen molar-refractivity contribution in [2.24, 2.45) is 0 Å². The highest BCUT2D eigenvalue weighted by Gasteiger charge is 2.36. The van der Waals surface area contributed by atoms with Gasteiger partial charge in [0.25, 0.3) is 10.0 Å². The van der Waals surface area contributed by atoms with E-state index < -0.39 is 34.3 Å². The summed E-state index contributed by atoms with van der Waals surface area (Å²) in [7, 11) is -4.40. The van der Waals surface area contributed by atoms with Gasteiger partial charge in [0.05, 0.1) is 17.2 Å². The van der Waals surface area contributed by atoms with Crippen molar-refractivity contribution in [1.82, 2.24) is 10.2 Å². The van der Waals surface area contributed by atoms with Crippen LogP contribution >= 0.6 is 23.2 Å². The lowest BCUT2D eigenvalue weighted by molar-refractivity contribution is -0.140. The smallest absolute Gasteiger partial charge is 0.264 e. The molecule has 12 heteroatoms. The lowest BCUT2D eigenvalue weighted by Crippen LogP contribution is -2.55. The number of nitrogens with zero attached hydrogens (tertiary/aromatic N) is 2. The van der Waals surface area contributed by atoms with Gasteiger partial charge in [-0.25, -0.2) is 12.8 Å². The third-order valence-electron chi connectivity index (χ3n) is 8.69. The fourth-order valence-electron chi connectivity index (χ4n) is 6.07. The third kappa shape index (κ3) is 9.56. The summed E-state index contributed by atoms with van der Waals surface area (Å²) in [5.74, 6) is -1.07. The topological polar surface area (TPSA) is 96.0 Å². The summed E-state index contributed by atoms with van der Waals surface area (Å²) >= 11 is 12.8. The van der Waals surface area contributed by atoms with Crippen LogP contribution in [0.3, 0.4) is 0 Å². The fourth-order valence-corrected chi connectivity index (χ4v) is 7.95. The molecule has 1 N–H and O–H groups in total. The average molecular weight is 741 g/mol. The molecule has 0 radical (unpaired) electrons.